The molecule has 2 heterocycles. The molecule has 1 aliphatic heterocycles. The Kier molecular flexibility index (Phi) is 2.65. The van der Waals surface area contributed by atoms with Crippen LogP contribution < -0.4 is 5.32 Å². The zero-order valence-electron chi connectivity index (χ0n) is 8.27. The molecule has 4 nitrogen and oxygen atoms in total. The highest BCUT2D eigenvalue weighted by Gasteiger charge is 2.18. The molecule has 1 atom stereocenters. The van der Waals surface area contributed by atoms with E-state index in [4.69, 9.17) is 0 Å². The van der Waals surface area contributed by atoms with E-state index in [1.165, 1.54) is 0 Å². The Labute approximate surface area is 83.2 Å². The second-order valence-electron chi connectivity index (χ2n) is 3.54. The maximum atomic E-state index is 9.20. The highest BCUT2D eigenvalue weighted by molar-refractivity contribution is 5.69. The summed E-state index contributed by atoms with van der Waals surface area (Å²) in [5, 5.41) is 16.6. The van der Waals surface area contributed by atoms with Crippen LogP contribution in [0, 0.1) is 0 Å². The van der Waals surface area contributed by atoms with Gasteiger partial charge < -0.3 is 10.4 Å². The molecule has 1 aromatic heterocycles. The molecule has 76 valence electrons. The number of nitrogens with one attached hydrogen (secondary N) is 1. The van der Waals surface area contributed by atoms with E-state index in [1.54, 1.807) is 4.68 Å². The zero-order valence-corrected chi connectivity index (χ0v) is 8.27. The number of aliphatic hydroxyl groups excluding tert-OH is 1. The van der Waals surface area contributed by atoms with E-state index >= 15 is 0 Å². The zero-order chi connectivity index (χ0) is 9.97. The third-order valence-electron chi connectivity index (χ3n) is 2.50. The minimum atomic E-state index is 0.0629. The Morgan fingerprint density at radius 2 is 2.57 bits per heavy atom. The first-order valence-corrected chi connectivity index (χ1v) is 4.84. The van der Waals surface area contributed by atoms with Gasteiger partial charge in [0, 0.05) is 18.8 Å². The predicted octanol–water partition coefficient (Wildman–Crippen LogP) is 0.158. The molecule has 0 aromatic carbocycles. The first kappa shape index (κ1) is 9.43. The van der Waals surface area contributed by atoms with Crippen LogP contribution >= 0.6 is 0 Å². The first-order chi connectivity index (χ1) is 6.81. The number of aromatic nitrogens is 2. The number of aliphatic hydroxyl groups is 1. The molecule has 0 bridgehead atoms. The lowest BCUT2D eigenvalue weighted by atomic mass is 9.98. The fraction of sp³-hybridized carbons (Fsp3) is 0.500. The second-order valence-corrected chi connectivity index (χ2v) is 3.54. The number of hydrogen-bond donors (Lipinski definition) is 2. The van der Waals surface area contributed by atoms with E-state index in [9.17, 15) is 5.11 Å². The summed E-state index contributed by atoms with van der Waals surface area (Å²) >= 11 is 0. The second kappa shape index (κ2) is 3.94. The average Bonchev–Trinajstić information content (AvgIpc) is 2.65. The monoisotopic (exact) mass is 193 g/mol. The van der Waals surface area contributed by atoms with Crippen LogP contribution in [0.2, 0.25) is 0 Å². The van der Waals surface area contributed by atoms with E-state index in [2.05, 4.69) is 16.5 Å². The van der Waals surface area contributed by atoms with Crippen molar-refractivity contribution in [2.75, 3.05) is 13.2 Å². The third-order valence-corrected chi connectivity index (χ3v) is 2.50. The highest BCUT2D eigenvalue weighted by Crippen LogP contribution is 2.20. The first-order valence-electron chi connectivity index (χ1n) is 4.84. The van der Waals surface area contributed by atoms with Gasteiger partial charge in [0.25, 0.3) is 0 Å². The Morgan fingerprint density at radius 1 is 1.71 bits per heavy atom. The van der Waals surface area contributed by atoms with E-state index in [0.29, 0.717) is 0 Å². The van der Waals surface area contributed by atoms with Crippen LogP contribution in [0.25, 0.3) is 5.57 Å². The smallest absolute Gasteiger partial charge is 0.0626 e. The van der Waals surface area contributed by atoms with Crippen molar-refractivity contribution in [3.63, 3.8) is 0 Å². The van der Waals surface area contributed by atoms with Crippen molar-refractivity contribution in [3.8, 4) is 0 Å². The lowest BCUT2D eigenvalue weighted by Crippen LogP contribution is -2.36. The third kappa shape index (κ3) is 1.71. The van der Waals surface area contributed by atoms with Gasteiger partial charge in [-0.15, -0.1) is 0 Å². The van der Waals surface area contributed by atoms with Gasteiger partial charge in [0.05, 0.1) is 18.8 Å². The minimum absolute atomic E-state index is 0.0629. The van der Waals surface area contributed by atoms with Crippen molar-refractivity contribution in [2.24, 2.45) is 7.05 Å². The molecule has 1 aliphatic rings. The van der Waals surface area contributed by atoms with Crippen LogP contribution in [-0.4, -0.2) is 34.1 Å². The molecular formula is C10H15N3O. The quantitative estimate of drug-likeness (QED) is 0.703. The van der Waals surface area contributed by atoms with Gasteiger partial charge in [-0.3, -0.25) is 4.68 Å². The van der Waals surface area contributed by atoms with Crippen LogP contribution in [0.15, 0.2) is 18.5 Å². The summed E-state index contributed by atoms with van der Waals surface area (Å²) in [6.45, 7) is 1.08. The van der Waals surface area contributed by atoms with Crippen molar-refractivity contribution in [2.45, 2.75) is 12.5 Å². The Balaban J connectivity index is 2.27. The average molecular weight is 193 g/mol. The van der Waals surface area contributed by atoms with Crippen LogP contribution in [-0.2, 0) is 7.05 Å². The van der Waals surface area contributed by atoms with E-state index < -0.39 is 0 Å². The summed E-state index contributed by atoms with van der Waals surface area (Å²) in [5.74, 6) is 0. The van der Waals surface area contributed by atoms with Crippen molar-refractivity contribution < 1.29 is 5.11 Å². The molecule has 1 aromatic rings. The molecule has 0 fully saturated rings. The molecule has 2 N–H and O–H groups in total. The van der Waals surface area contributed by atoms with Crippen LogP contribution in [0.4, 0.5) is 0 Å². The fourth-order valence-corrected chi connectivity index (χ4v) is 1.79. The van der Waals surface area contributed by atoms with Crippen molar-refractivity contribution in [1.29, 1.82) is 0 Å². The summed E-state index contributed by atoms with van der Waals surface area (Å²) in [6.07, 6.45) is 7.00. The summed E-state index contributed by atoms with van der Waals surface area (Å²) in [4.78, 5) is 0. The summed E-state index contributed by atoms with van der Waals surface area (Å²) in [5.41, 5.74) is 2.26. The van der Waals surface area contributed by atoms with Gasteiger partial charge in [-0.2, -0.15) is 5.10 Å². The summed E-state index contributed by atoms with van der Waals surface area (Å²) in [7, 11) is 1.90. The lowest BCUT2D eigenvalue weighted by molar-refractivity contribution is 0.266. The van der Waals surface area contributed by atoms with Gasteiger partial charge in [0.15, 0.2) is 0 Å². The molecule has 0 amide bonds. The SMILES string of the molecule is Cn1cc(C2=CCCNC2CO)cn1. The maximum Gasteiger partial charge on any atom is 0.0626 e. The van der Waals surface area contributed by atoms with Crippen LogP contribution in [0.5, 0.6) is 0 Å². The Bertz CT molecular complexity index is 343. The summed E-state index contributed by atoms with van der Waals surface area (Å²) in [6, 6.07) is 0.0629. The fourth-order valence-electron chi connectivity index (χ4n) is 1.79. The van der Waals surface area contributed by atoms with Crippen LogP contribution in [0.1, 0.15) is 12.0 Å². The van der Waals surface area contributed by atoms with Gasteiger partial charge in [0.1, 0.15) is 0 Å². The number of aryl methyl sites for hydroxylation is 1. The minimum Gasteiger partial charge on any atom is -0.394 e. The molecule has 4 heteroatoms. The lowest BCUT2D eigenvalue weighted by Gasteiger charge is -2.23. The Morgan fingerprint density at radius 3 is 3.21 bits per heavy atom. The standard InChI is InChI=1S/C10H15N3O/c1-13-6-8(5-12-13)9-3-2-4-11-10(9)7-14/h3,5-6,10-11,14H,2,4,7H2,1H3. The molecule has 0 aliphatic carbocycles. The van der Waals surface area contributed by atoms with E-state index in [-0.39, 0.29) is 12.6 Å². The van der Waals surface area contributed by atoms with Gasteiger partial charge in [-0.25, -0.2) is 0 Å². The molecule has 14 heavy (non-hydrogen) atoms. The van der Waals surface area contributed by atoms with Crippen molar-refractivity contribution in [1.82, 2.24) is 15.1 Å². The molecule has 0 saturated heterocycles. The largest absolute Gasteiger partial charge is 0.394 e. The van der Waals surface area contributed by atoms with Crippen molar-refractivity contribution in [3.05, 3.63) is 24.0 Å². The molecule has 0 spiro atoms. The molecule has 2 rings (SSSR count). The highest BCUT2D eigenvalue weighted by atomic mass is 16.3. The predicted molar refractivity (Wildman–Crippen MR) is 54.7 cm³/mol. The topological polar surface area (TPSA) is 50.1 Å². The number of nitrogens with zero attached hydrogens (tertiary/aromatic N) is 2. The maximum absolute atomic E-state index is 9.20. The van der Waals surface area contributed by atoms with E-state index in [0.717, 1.165) is 24.1 Å². The Hall–Kier alpha value is -1.13. The number of hydrogen-bond acceptors (Lipinski definition) is 3. The van der Waals surface area contributed by atoms with Gasteiger partial charge in [-0.05, 0) is 18.5 Å². The molecule has 0 radical (unpaired) electrons. The van der Waals surface area contributed by atoms with Gasteiger partial charge in [-0.1, -0.05) is 6.08 Å². The van der Waals surface area contributed by atoms with E-state index in [1.807, 2.05) is 19.4 Å². The normalized spacial score (nSPS) is 22.1. The molecule has 0 saturated carbocycles. The van der Waals surface area contributed by atoms with Gasteiger partial charge in [0.2, 0.25) is 0 Å². The summed E-state index contributed by atoms with van der Waals surface area (Å²) < 4.78 is 1.78. The molecular weight excluding hydrogens is 178 g/mol. The van der Waals surface area contributed by atoms with Crippen molar-refractivity contribution >= 4 is 5.57 Å². The van der Waals surface area contributed by atoms with Gasteiger partial charge >= 0.3 is 0 Å². The number of rotatable bonds is 2. The molecule has 1 unspecified atom stereocenters. The van der Waals surface area contributed by atoms with Crippen LogP contribution in [0.3, 0.4) is 0 Å².